The molecule has 34 heavy (non-hydrogen) atoms. The Hall–Kier alpha value is -3.28. The molecule has 0 fully saturated rings. The molecule has 0 N–H and O–H groups in total. The maximum atomic E-state index is 13.2. The number of carbonyl (C=O) groups is 4. The van der Waals surface area contributed by atoms with Gasteiger partial charge in [-0.05, 0) is 47.7 Å². The van der Waals surface area contributed by atoms with Crippen molar-refractivity contribution in [2.45, 2.75) is 58.8 Å². The molecule has 0 saturated carbocycles. The van der Waals surface area contributed by atoms with Crippen molar-refractivity contribution in [1.82, 2.24) is 9.80 Å². The Morgan fingerprint density at radius 2 is 1.21 bits per heavy atom. The van der Waals surface area contributed by atoms with Gasteiger partial charge in [0.15, 0.2) is 0 Å². The van der Waals surface area contributed by atoms with Crippen molar-refractivity contribution < 1.29 is 19.2 Å². The van der Waals surface area contributed by atoms with Crippen LogP contribution in [0, 0.1) is 5.92 Å². The molecule has 178 valence electrons. The number of nitrogens with zero attached hydrogens (tertiary/aromatic N) is 2. The summed E-state index contributed by atoms with van der Waals surface area (Å²) in [5, 5.41) is 0. The number of hydrogen-bond donors (Lipinski definition) is 0. The fourth-order valence-corrected chi connectivity index (χ4v) is 4.90. The fourth-order valence-electron chi connectivity index (χ4n) is 4.90. The Morgan fingerprint density at radius 1 is 0.676 bits per heavy atom. The average molecular weight is 461 g/mol. The molecule has 2 aliphatic rings. The minimum absolute atomic E-state index is 0.229. The number of amides is 4. The Morgan fingerprint density at radius 3 is 1.82 bits per heavy atom. The summed E-state index contributed by atoms with van der Waals surface area (Å²) in [7, 11) is 1.47. The van der Waals surface area contributed by atoms with E-state index in [-0.39, 0.29) is 23.6 Å². The first-order valence-electron chi connectivity index (χ1n) is 12.3. The summed E-state index contributed by atoms with van der Waals surface area (Å²) in [6.07, 6.45) is 7.98. The molecule has 0 aromatic heterocycles. The summed E-state index contributed by atoms with van der Waals surface area (Å²) >= 11 is 0. The molecular weight excluding hydrogens is 428 g/mol. The Balaban J connectivity index is 1.51. The second kappa shape index (κ2) is 9.92. The van der Waals surface area contributed by atoms with Crippen LogP contribution in [-0.4, -0.2) is 47.0 Å². The Bertz CT molecular complexity index is 1150. The van der Waals surface area contributed by atoms with Crippen molar-refractivity contribution in [2.75, 3.05) is 13.6 Å². The summed E-state index contributed by atoms with van der Waals surface area (Å²) in [6, 6.07) is 10.3. The third-order valence-electron chi connectivity index (χ3n) is 7.13. The van der Waals surface area contributed by atoms with Gasteiger partial charge in [0.25, 0.3) is 23.6 Å². The molecule has 0 saturated heterocycles. The van der Waals surface area contributed by atoms with Crippen LogP contribution in [0.2, 0.25) is 0 Å². The molecule has 2 heterocycles. The van der Waals surface area contributed by atoms with Crippen LogP contribution in [-0.2, 0) is 0 Å². The first kappa shape index (κ1) is 23.9. The zero-order valence-electron chi connectivity index (χ0n) is 20.2. The number of benzene rings is 2. The largest absolute Gasteiger partial charge is 0.277 e. The van der Waals surface area contributed by atoms with E-state index in [0.29, 0.717) is 34.7 Å². The van der Waals surface area contributed by atoms with Crippen molar-refractivity contribution in [3.8, 4) is 11.1 Å². The quantitative estimate of drug-likeness (QED) is 0.344. The normalized spacial score (nSPS) is 15.9. The van der Waals surface area contributed by atoms with E-state index in [0.717, 1.165) is 35.3 Å². The van der Waals surface area contributed by atoms with E-state index in [2.05, 4.69) is 13.8 Å². The highest BCUT2D eigenvalue weighted by Crippen LogP contribution is 2.32. The molecule has 0 bridgehead atoms. The van der Waals surface area contributed by atoms with Crippen LogP contribution in [0.4, 0.5) is 0 Å². The number of hydrogen-bond acceptors (Lipinski definition) is 4. The number of rotatable bonds is 10. The van der Waals surface area contributed by atoms with Crippen molar-refractivity contribution in [3.05, 3.63) is 58.7 Å². The van der Waals surface area contributed by atoms with Gasteiger partial charge in [-0.3, -0.25) is 29.0 Å². The molecule has 0 spiro atoms. The van der Waals surface area contributed by atoms with Crippen molar-refractivity contribution >= 4 is 23.6 Å². The monoisotopic (exact) mass is 460 g/mol. The first-order chi connectivity index (χ1) is 16.4. The lowest BCUT2D eigenvalue weighted by molar-refractivity contribution is 0.0621. The van der Waals surface area contributed by atoms with Crippen LogP contribution in [0.1, 0.15) is 100 Å². The van der Waals surface area contributed by atoms with Gasteiger partial charge >= 0.3 is 0 Å². The SMILES string of the molecule is CCCCCCCC(CC)CN1C(=O)c2ccc(-c3ccc4c(c3)C(=O)N(C)C4=O)cc2C1=O. The van der Waals surface area contributed by atoms with Crippen molar-refractivity contribution in [3.63, 3.8) is 0 Å². The van der Waals surface area contributed by atoms with E-state index in [4.69, 9.17) is 0 Å². The van der Waals surface area contributed by atoms with Gasteiger partial charge in [-0.15, -0.1) is 0 Å². The van der Waals surface area contributed by atoms with Crippen LogP contribution >= 0.6 is 0 Å². The summed E-state index contributed by atoms with van der Waals surface area (Å²) < 4.78 is 0. The standard InChI is InChI=1S/C28H32N2O4/c1-4-6-7-8-9-10-18(5-2)17-30-27(33)22-14-12-20(16-24(22)28(30)34)19-11-13-21-23(15-19)26(32)29(3)25(21)31/h11-16,18H,4-10,17H2,1-3H3. The third-order valence-corrected chi connectivity index (χ3v) is 7.13. The van der Waals surface area contributed by atoms with Crippen LogP contribution in [0.15, 0.2) is 36.4 Å². The van der Waals surface area contributed by atoms with E-state index in [1.807, 2.05) is 0 Å². The topological polar surface area (TPSA) is 74.8 Å². The molecular formula is C28H32N2O4. The second-order valence-electron chi connectivity index (χ2n) is 9.39. The summed E-state index contributed by atoms with van der Waals surface area (Å²) in [5.74, 6) is -0.820. The minimum Gasteiger partial charge on any atom is -0.277 e. The van der Waals surface area contributed by atoms with Gasteiger partial charge in [-0.1, -0.05) is 64.5 Å². The van der Waals surface area contributed by atoms with Gasteiger partial charge in [0.2, 0.25) is 0 Å². The van der Waals surface area contributed by atoms with Gasteiger partial charge in [-0.25, -0.2) is 0 Å². The molecule has 4 rings (SSSR count). The van der Waals surface area contributed by atoms with Crippen LogP contribution in [0.3, 0.4) is 0 Å². The van der Waals surface area contributed by atoms with Crippen molar-refractivity contribution in [1.29, 1.82) is 0 Å². The average Bonchev–Trinajstić information content (AvgIpc) is 3.22. The Kier molecular flexibility index (Phi) is 6.96. The minimum atomic E-state index is -0.333. The highest BCUT2D eigenvalue weighted by molar-refractivity contribution is 6.22. The molecule has 1 unspecified atom stereocenters. The maximum Gasteiger partial charge on any atom is 0.261 e. The van der Waals surface area contributed by atoms with E-state index in [1.54, 1.807) is 36.4 Å². The van der Waals surface area contributed by atoms with E-state index in [9.17, 15) is 19.2 Å². The van der Waals surface area contributed by atoms with E-state index < -0.39 is 0 Å². The smallest absolute Gasteiger partial charge is 0.261 e. The van der Waals surface area contributed by atoms with Gasteiger partial charge in [0.1, 0.15) is 0 Å². The molecule has 6 nitrogen and oxygen atoms in total. The predicted octanol–water partition coefficient (Wildman–Crippen LogP) is 5.56. The lowest BCUT2D eigenvalue weighted by atomic mass is 9.97. The molecule has 4 amide bonds. The summed E-state index contributed by atoms with van der Waals surface area (Å²) in [4.78, 5) is 53.2. The molecule has 0 radical (unpaired) electrons. The number of fused-ring (bicyclic) bond motifs is 2. The van der Waals surface area contributed by atoms with Gasteiger partial charge < -0.3 is 0 Å². The highest BCUT2D eigenvalue weighted by Gasteiger charge is 2.37. The maximum absolute atomic E-state index is 13.2. The molecule has 2 aromatic rings. The van der Waals surface area contributed by atoms with Gasteiger partial charge in [-0.2, -0.15) is 0 Å². The predicted molar refractivity (Wildman–Crippen MR) is 131 cm³/mol. The third kappa shape index (κ3) is 4.29. The van der Waals surface area contributed by atoms with Crippen LogP contribution in [0.25, 0.3) is 11.1 Å². The highest BCUT2D eigenvalue weighted by atomic mass is 16.2. The van der Waals surface area contributed by atoms with E-state index in [1.165, 1.54) is 37.6 Å². The summed E-state index contributed by atoms with van der Waals surface area (Å²) in [6.45, 7) is 4.77. The molecule has 2 aromatic carbocycles. The molecule has 1 atom stereocenters. The molecule has 2 aliphatic heterocycles. The van der Waals surface area contributed by atoms with Crippen LogP contribution in [0.5, 0.6) is 0 Å². The zero-order chi connectivity index (χ0) is 24.4. The van der Waals surface area contributed by atoms with Crippen molar-refractivity contribution in [2.24, 2.45) is 5.92 Å². The first-order valence-corrected chi connectivity index (χ1v) is 12.3. The number of imide groups is 2. The Labute approximate surface area is 200 Å². The lowest BCUT2D eigenvalue weighted by Gasteiger charge is -2.21. The van der Waals surface area contributed by atoms with Gasteiger partial charge in [0.05, 0.1) is 22.3 Å². The molecule has 0 aliphatic carbocycles. The van der Waals surface area contributed by atoms with Gasteiger partial charge in [0, 0.05) is 13.6 Å². The van der Waals surface area contributed by atoms with Crippen LogP contribution < -0.4 is 0 Å². The second-order valence-corrected chi connectivity index (χ2v) is 9.39. The molecule has 6 heteroatoms. The summed E-state index contributed by atoms with van der Waals surface area (Å²) in [5.41, 5.74) is 3.05. The number of unbranched alkanes of at least 4 members (excludes halogenated alkanes) is 4. The number of carbonyl (C=O) groups excluding carboxylic acids is 4. The lowest BCUT2D eigenvalue weighted by Crippen LogP contribution is -2.34. The zero-order valence-corrected chi connectivity index (χ0v) is 20.2. The fraction of sp³-hybridized carbons (Fsp3) is 0.429. The van der Waals surface area contributed by atoms with E-state index >= 15 is 0 Å².